The highest BCUT2D eigenvalue weighted by molar-refractivity contribution is 9.09. The number of carbonyl (C=O) groups excluding carboxylic acids is 1. The van der Waals surface area contributed by atoms with Crippen molar-refractivity contribution in [2.75, 3.05) is 11.9 Å². The molecule has 0 heterocycles. The van der Waals surface area contributed by atoms with E-state index in [0.29, 0.717) is 17.7 Å². The summed E-state index contributed by atoms with van der Waals surface area (Å²) in [7, 11) is 0. The summed E-state index contributed by atoms with van der Waals surface area (Å²) in [6.45, 7) is 3.09. The van der Waals surface area contributed by atoms with Crippen LogP contribution in [0.3, 0.4) is 0 Å². The highest BCUT2D eigenvalue weighted by Gasteiger charge is 2.20. The van der Waals surface area contributed by atoms with Gasteiger partial charge in [-0.3, -0.25) is 4.79 Å². The highest BCUT2D eigenvalue weighted by Crippen LogP contribution is 2.23. The molecule has 1 amide bonds. The predicted octanol–water partition coefficient (Wildman–Crippen LogP) is 3.49. The van der Waals surface area contributed by atoms with Crippen LogP contribution in [0, 0.1) is 11.8 Å². The van der Waals surface area contributed by atoms with Crippen LogP contribution < -0.4 is 5.32 Å². The van der Waals surface area contributed by atoms with E-state index in [1.807, 2.05) is 0 Å². The van der Waals surface area contributed by atoms with Gasteiger partial charge in [0, 0.05) is 17.8 Å². The van der Waals surface area contributed by atoms with Crippen molar-refractivity contribution in [1.82, 2.24) is 5.32 Å². The van der Waals surface area contributed by atoms with Crippen molar-refractivity contribution in [3.63, 3.8) is 0 Å². The second kappa shape index (κ2) is 8.10. The lowest BCUT2D eigenvalue weighted by atomic mass is 9.88. The van der Waals surface area contributed by atoms with Gasteiger partial charge in [0.05, 0.1) is 0 Å². The summed E-state index contributed by atoms with van der Waals surface area (Å²) in [4.78, 5) is 11.8. The molecule has 0 radical (unpaired) electrons. The molecule has 0 spiro atoms. The summed E-state index contributed by atoms with van der Waals surface area (Å²) in [5.74, 6) is 1.32. The minimum atomic E-state index is 0.297. The molecule has 1 unspecified atom stereocenters. The average Bonchev–Trinajstić information content (AvgIpc) is 2.35. The summed E-state index contributed by atoms with van der Waals surface area (Å²) in [6.07, 6.45) is 8.28. The van der Waals surface area contributed by atoms with E-state index >= 15 is 0 Å². The number of rotatable bonds is 6. The smallest absolute Gasteiger partial charge is 0.223 e. The lowest BCUT2D eigenvalue weighted by Gasteiger charge is -2.20. The van der Waals surface area contributed by atoms with Crippen LogP contribution in [0.25, 0.3) is 0 Å². The fraction of sp³-hybridized carbons (Fsp3) is 0.923. The van der Waals surface area contributed by atoms with Gasteiger partial charge in [-0.25, -0.2) is 0 Å². The molecule has 0 aromatic heterocycles. The first-order valence-electron chi connectivity index (χ1n) is 6.57. The normalized spacial score (nSPS) is 19.4. The first-order valence-corrected chi connectivity index (χ1v) is 7.70. The van der Waals surface area contributed by atoms with Crippen molar-refractivity contribution in [3.8, 4) is 0 Å². The van der Waals surface area contributed by atoms with Gasteiger partial charge in [0.1, 0.15) is 0 Å². The Labute approximate surface area is 108 Å². The number of carbonyl (C=O) groups is 1. The van der Waals surface area contributed by atoms with Gasteiger partial charge in [0.2, 0.25) is 5.91 Å². The molecular weight excluding hydrogens is 266 g/mol. The SMILES string of the molecule is CC(CBr)CCCNC(=O)C1CCCCC1. The quantitative estimate of drug-likeness (QED) is 0.589. The molecule has 0 aliphatic heterocycles. The molecule has 0 aromatic carbocycles. The van der Waals surface area contributed by atoms with E-state index < -0.39 is 0 Å². The summed E-state index contributed by atoms with van der Waals surface area (Å²) >= 11 is 3.47. The van der Waals surface area contributed by atoms with Crippen molar-refractivity contribution in [3.05, 3.63) is 0 Å². The second-order valence-electron chi connectivity index (χ2n) is 5.03. The van der Waals surface area contributed by atoms with Crippen molar-refractivity contribution in [2.24, 2.45) is 11.8 Å². The van der Waals surface area contributed by atoms with E-state index in [1.54, 1.807) is 0 Å². The first kappa shape index (κ1) is 14.0. The molecule has 1 N–H and O–H groups in total. The van der Waals surface area contributed by atoms with Crippen LogP contribution in [0.15, 0.2) is 0 Å². The van der Waals surface area contributed by atoms with E-state index in [2.05, 4.69) is 28.2 Å². The third kappa shape index (κ3) is 5.33. The predicted molar refractivity (Wildman–Crippen MR) is 71.8 cm³/mol. The van der Waals surface area contributed by atoms with Crippen LogP contribution in [-0.4, -0.2) is 17.8 Å². The van der Waals surface area contributed by atoms with Gasteiger partial charge < -0.3 is 5.32 Å². The molecule has 16 heavy (non-hydrogen) atoms. The zero-order valence-corrected chi connectivity index (χ0v) is 11.9. The molecule has 94 valence electrons. The van der Waals surface area contributed by atoms with Crippen LogP contribution in [0.1, 0.15) is 51.9 Å². The summed E-state index contributed by atoms with van der Waals surface area (Å²) < 4.78 is 0. The molecular formula is C13H24BrNO. The number of hydrogen-bond acceptors (Lipinski definition) is 1. The first-order chi connectivity index (χ1) is 7.74. The van der Waals surface area contributed by atoms with E-state index in [1.165, 1.54) is 25.7 Å². The number of hydrogen-bond donors (Lipinski definition) is 1. The molecule has 0 saturated heterocycles. The van der Waals surface area contributed by atoms with Crippen LogP contribution in [0.2, 0.25) is 0 Å². The molecule has 1 rings (SSSR count). The molecule has 1 atom stereocenters. The highest BCUT2D eigenvalue weighted by atomic mass is 79.9. The maximum atomic E-state index is 11.8. The molecule has 1 saturated carbocycles. The van der Waals surface area contributed by atoms with Crippen LogP contribution in [0.5, 0.6) is 0 Å². The Kier molecular flexibility index (Phi) is 7.10. The maximum Gasteiger partial charge on any atom is 0.223 e. The van der Waals surface area contributed by atoms with Crippen molar-refractivity contribution < 1.29 is 4.79 Å². The molecule has 2 nitrogen and oxygen atoms in total. The Morgan fingerprint density at radius 1 is 1.38 bits per heavy atom. The summed E-state index contributed by atoms with van der Waals surface area (Å²) in [5, 5.41) is 4.14. The van der Waals surface area contributed by atoms with Gasteiger partial charge in [-0.1, -0.05) is 42.1 Å². The molecule has 3 heteroatoms. The summed E-state index contributed by atoms with van der Waals surface area (Å²) in [6, 6.07) is 0. The van der Waals surface area contributed by atoms with Gasteiger partial charge in [-0.2, -0.15) is 0 Å². The number of nitrogens with one attached hydrogen (secondary N) is 1. The lowest BCUT2D eigenvalue weighted by molar-refractivity contribution is -0.125. The second-order valence-corrected chi connectivity index (χ2v) is 5.68. The van der Waals surface area contributed by atoms with Crippen LogP contribution in [-0.2, 0) is 4.79 Å². The van der Waals surface area contributed by atoms with Gasteiger partial charge in [-0.05, 0) is 31.6 Å². The Bertz CT molecular complexity index is 202. The summed E-state index contributed by atoms with van der Waals surface area (Å²) in [5.41, 5.74) is 0. The largest absolute Gasteiger partial charge is 0.356 e. The Balaban J connectivity index is 2.05. The number of amides is 1. The third-order valence-corrected chi connectivity index (χ3v) is 4.52. The number of alkyl halides is 1. The fourth-order valence-corrected chi connectivity index (χ4v) is 2.57. The third-order valence-electron chi connectivity index (χ3n) is 3.41. The van der Waals surface area contributed by atoms with Crippen LogP contribution >= 0.6 is 15.9 Å². The lowest BCUT2D eigenvalue weighted by Crippen LogP contribution is -2.32. The monoisotopic (exact) mass is 289 g/mol. The minimum Gasteiger partial charge on any atom is -0.356 e. The van der Waals surface area contributed by atoms with Gasteiger partial charge in [0.25, 0.3) is 0 Å². The Morgan fingerprint density at radius 3 is 2.69 bits per heavy atom. The van der Waals surface area contributed by atoms with E-state index in [4.69, 9.17) is 0 Å². The van der Waals surface area contributed by atoms with Gasteiger partial charge in [0.15, 0.2) is 0 Å². The molecule has 1 aliphatic rings. The van der Waals surface area contributed by atoms with Crippen molar-refractivity contribution >= 4 is 21.8 Å². The van der Waals surface area contributed by atoms with Crippen molar-refractivity contribution in [1.29, 1.82) is 0 Å². The van der Waals surface area contributed by atoms with E-state index in [9.17, 15) is 4.79 Å². The topological polar surface area (TPSA) is 29.1 Å². The fourth-order valence-electron chi connectivity index (χ4n) is 2.25. The standard InChI is InChI=1S/C13H24BrNO/c1-11(10-14)6-5-9-15-13(16)12-7-3-2-4-8-12/h11-12H,2-10H2,1H3,(H,15,16). The van der Waals surface area contributed by atoms with E-state index in [0.717, 1.165) is 31.1 Å². The zero-order valence-electron chi connectivity index (χ0n) is 10.3. The molecule has 1 fully saturated rings. The minimum absolute atomic E-state index is 0.297. The molecule has 0 aromatic rings. The Morgan fingerprint density at radius 2 is 2.06 bits per heavy atom. The average molecular weight is 290 g/mol. The Hall–Kier alpha value is -0.0500. The van der Waals surface area contributed by atoms with Gasteiger partial charge >= 0.3 is 0 Å². The van der Waals surface area contributed by atoms with Gasteiger partial charge in [-0.15, -0.1) is 0 Å². The molecule has 0 bridgehead atoms. The van der Waals surface area contributed by atoms with E-state index in [-0.39, 0.29) is 0 Å². The zero-order chi connectivity index (χ0) is 11.8. The maximum absolute atomic E-state index is 11.8. The van der Waals surface area contributed by atoms with Crippen molar-refractivity contribution in [2.45, 2.75) is 51.9 Å². The number of halogens is 1. The van der Waals surface area contributed by atoms with Crippen LogP contribution in [0.4, 0.5) is 0 Å². The molecule has 1 aliphatic carbocycles.